The molecular weight excluding hydrogens is 335 g/mol. The van der Waals surface area contributed by atoms with Gasteiger partial charge in [0.2, 0.25) is 0 Å². The van der Waals surface area contributed by atoms with Crippen LogP contribution < -0.4 is 5.32 Å². The Morgan fingerprint density at radius 1 is 1.12 bits per heavy atom. The molecule has 2 aromatic carbocycles. The molecule has 0 unspecified atom stereocenters. The first-order valence-electron chi connectivity index (χ1n) is 7.84. The number of nitrogens with one attached hydrogen (secondary N) is 1. The summed E-state index contributed by atoms with van der Waals surface area (Å²) < 4.78 is 13.6. The number of carbonyl (C=O) groups excluding carboxylic acids is 1. The first-order chi connectivity index (χ1) is 12.1. The van der Waals surface area contributed by atoms with Crippen LogP contribution in [-0.2, 0) is 6.54 Å². The van der Waals surface area contributed by atoms with Crippen molar-refractivity contribution in [2.24, 2.45) is 0 Å². The molecule has 3 nitrogen and oxygen atoms in total. The van der Waals surface area contributed by atoms with Gasteiger partial charge < -0.3 is 5.32 Å². The number of hydrogen-bond donors (Lipinski definition) is 1. The molecular formula is C20H17FN2OS. The highest BCUT2D eigenvalue weighted by Gasteiger charge is 2.13. The van der Waals surface area contributed by atoms with E-state index in [1.807, 2.05) is 36.4 Å². The summed E-state index contributed by atoms with van der Waals surface area (Å²) in [6, 6.07) is 18.2. The van der Waals surface area contributed by atoms with Gasteiger partial charge in [-0.1, -0.05) is 42.1 Å². The third-order valence-corrected chi connectivity index (χ3v) is 4.69. The molecule has 0 atom stereocenters. The third kappa shape index (κ3) is 4.45. The minimum atomic E-state index is -0.270. The number of rotatable bonds is 5. The quantitative estimate of drug-likeness (QED) is 0.729. The standard InChI is InChI=1S/C20H17FN2OS/c1-14-9-10-15(12-18(14)21)13-23-19(24)17-8-5-11-22-20(17)25-16-6-3-2-4-7-16/h2-12H,13H2,1H3,(H,23,24). The molecule has 3 rings (SSSR count). The van der Waals surface area contributed by atoms with Gasteiger partial charge in [-0.15, -0.1) is 0 Å². The average Bonchev–Trinajstić information content (AvgIpc) is 2.64. The third-order valence-electron chi connectivity index (χ3n) is 3.66. The van der Waals surface area contributed by atoms with E-state index in [-0.39, 0.29) is 18.3 Å². The van der Waals surface area contributed by atoms with Crippen molar-refractivity contribution in [2.75, 3.05) is 0 Å². The number of carbonyl (C=O) groups is 1. The van der Waals surface area contributed by atoms with E-state index in [4.69, 9.17) is 0 Å². The Kier molecular flexibility index (Phi) is 5.46. The highest BCUT2D eigenvalue weighted by molar-refractivity contribution is 7.99. The van der Waals surface area contributed by atoms with E-state index in [9.17, 15) is 9.18 Å². The summed E-state index contributed by atoms with van der Waals surface area (Å²) >= 11 is 1.44. The van der Waals surface area contributed by atoms with Crippen molar-refractivity contribution < 1.29 is 9.18 Å². The van der Waals surface area contributed by atoms with Crippen molar-refractivity contribution >= 4 is 17.7 Å². The Morgan fingerprint density at radius 2 is 1.92 bits per heavy atom. The molecule has 1 aromatic heterocycles. The van der Waals surface area contributed by atoms with Crippen molar-refractivity contribution in [1.82, 2.24) is 10.3 Å². The molecule has 0 aliphatic heterocycles. The molecule has 1 amide bonds. The zero-order chi connectivity index (χ0) is 17.6. The molecule has 0 saturated heterocycles. The second kappa shape index (κ2) is 7.94. The number of aryl methyl sites for hydroxylation is 1. The summed E-state index contributed by atoms with van der Waals surface area (Å²) in [7, 11) is 0. The van der Waals surface area contributed by atoms with Crippen LogP contribution in [0.1, 0.15) is 21.5 Å². The van der Waals surface area contributed by atoms with Crippen LogP contribution in [0.3, 0.4) is 0 Å². The molecule has 0 spiro atoms. The largest absolute Gasteiger partial charge is 0.348 e. The maximum Gasteiger partial charge on any atom is 0.254 e. The molecule has 5 heteroatoms. The molecule has 0 saturated carbocycles. The van der Waals surface area contributed by atoms with Crippen LogP contribution in [0.2, 0.25) is 0 Å². The van der Waals surface area contributed by atoms with Gasteiger partial charge in [0.1, 0.15) is 10.8 Å². The van der Waals surface area contributed by atoms with E-state index >= 15 is 0 Å². The molecule has 0 fully saturated rings. The molecule has 1 N–H and O–H groups in total. The number of aromatic nitrogens is 1. The van der Waals surface area contributed by atoms with Gasteiger partial charge in [-0.05, 0) is 48.4 Å². The predicted octanol–water partition coefficient (Wildman–Crippen LogP) is 4.61. The normalized spacial score (nSPS) is 10.5. The Labute approximate surface area is 150 Å². The number of benzene rings is 2. The first-order valence-corrected chi connectivity index (χ1v) is 8.66. The number of nitrogens with zero attached hydrogens (tertiary/aromatic N) is 1. The van der Waals surface area contributed by atoms with Crippen molar-refractivity contribution in [1.29, 1.82) is 0 Å². The smallest absolute Gasteiger partial charge is 0.254 e. The summed E-state index contributed by atoms with van der Waals surface area (Å²) in [5.41, 5.74) is 1.81. The van der Waals surface area contributed by atoms with Crippen molar-refractivity contribution in [2.45, 2.75) is 23.4 Å². The highest BCUT2D eigenvalue weighted by Crippen LogP contribution is 2.28. The van der Waals surface area contributed by atoms with Crippen LogP contribution in [0, 0.1) is 12.7 Å². The van der Waals surface area contributed by atoms with Gasteiger partial charge >= 0.3 is 0 Å². The Morgan fingerprint density at radius 3 is 2.68 bits per heavy atom. The second-order valence-electron chi connectivity index (χ2n) is 5.54. The van der Waals surface area contributed by atoms with Gasteiger partial charge in [-0.2, -0.15) is 0 Å². The lowest BCUT2D eigenvalue weighted by atomic mass is 10.1. The van der Waals surface area contributed by atoms with E-state index < -0.39 is 0 Å². The van der Waals surface area contributed by atoms with Crippen molar-refractivity contribution in [3.05, 3.63) is 89.4 Å². The van der Waals surface area contributed by atoms with Gasteiger partial charge in [-0.25, -0.2) is 9.37 Å². The summed E-state index contributed by atoms with van der Waals surface area (Å²) in [5, 5.41) is 3.47. The lowest BCUT2D eigenvalue weighted by Gasteiger charge is -2.09. The van der Waals surface area contributed by atoms with Gasteiger partial charge in [-0.3, -0.25) is 4.79 Å². The highest BCUT2D eigenvalue weighted by atomic mass is 32.2. The molecule has 1 heterocycles. The number of hydrogen-bond acceptors (Lipinski definition) is 3. The molecule has 25 heavy (non-hydrogen) atoms. The summed E-state index contributed by atoms with van der Waals surface area (Å²) in [5.74, 6) is -0.499. The minimum Gasteiger partial charge on any atom is -0.348 e. The number of halogens is 1. The predicted molar refractivity (Wildman–Crippen MR) is 97.1 cm³/mol. The second-order valence-corrected chi connectivity index (χ2v) is 6.60. The SMILES string of the molecule is Cc1ccc(CNC(=O)c2cccnc2Sc2ccccc2)cc1F. The lowest BCUT2D eigenvalue weighted by molar-refractivity contribution is 0.0947. The van der Waals surface area contributed by atoms with Crippen LogP contribution in [0.15, 0.2) is 76.8 Å². The maximum atomic E-state index is 13.6. The number of amides is 1. The molecule has 3 aromatic rings. The zero-order valence-corrected chi connectivity index (χ0v) is 14.5. The summed E-state index contributed by atoms with van der Waals surface area (Å²) in [6.07, 6.45) is 1.66. The van der Waals surface area contributed by atoms with Crippen LogP contribution >= 0.6 is 11.8 Å². The minimum absolute atomic E-state index is 0.229. The topological polar surface area (TPSA) is 42.0 Å². The molecule has 0 aliphatic carbocycles. The monoisotopic (exact) mass is 352 g/mol. The Hall–Kier alpha value is -2.66. The van der Waals surface area contributed by atoms with E-state index in [0.717, 1.165) is 10.5 Å². The van der Waals surface area contributed by atoms with Crippen molar-refractivity contribution in [3.8, 4) is 0 Å². The maximum absolute atomic E-state index is 13.6. The zero-order valence-electron chi connectivity index (χ0n) is 13.7. The van der Waals surface area contributed by atoms with Gasteiger partial charge in [0, 0.05) is 17.6 Å². The van der Waals surface area contributed by atoms with Crippen LogP contribution in [0.4, 0.5) is 4.39 Å². The first kappa shape index (κ1) is 17.2. The fraction of sp³-hybridized carbons (Fsp3) is 0.100. The van der Waals surface area contributed by atoms with Gasteiger partial charge in [0.25, 0.3) is 5.91 Å². The number of pyridine rings is 1. The van der Waals surface area contributed by atoms with E-state index in [2.05, 4.69) is 10.3 Å². The van der Waals surface area contributed by atoms with Crippen LogP contribution in [0.5, 0.6) is 0 Å². The lowest BCUT2D eigenvalue weighted by Crippen LogP contribution is -2.23. The summed E-state index contributed by atoms with van der Waals surface area (Å²) in [4.78, 5) is 17.9. The van der Waals surface area contributed by atoms with E-state index in [1.165, 1.54) is 17.8 Å². The molecule has 0 radical (unpaired) electrons. The molecule has 126 valence electrons. The molecule has 0 aliphatic rings. The molecule has 0 bridgehead atoms. The van der Waals surface area contributed by atoms with Crippen LogP contribution in [0.25, 0.3) is 0 Å². The van der Waals surface area contributed by atoms with Crippen LogP contribution in [-0.4, -0.2) is 10.9 Å². The fourth-order valence-corrected chi connectivity index (χ4v) is 3.17. The van der Waals surface area contributed by atoms with Gasteiger partial charge in [0.05, 0.1) is 5.56 Å². The van der Waals surface area contributed by atoms with Gasteiger partial charge in [0.15, 0.2) is 0 Å². The van der Waals surface area contributed by atoms with E-state index in [1.54, 1.807) is 31.3 Å². The summed E-state index contributed by atoms with van der Waals surface area (Å²) in [6.45, 7) is 1.97. The van der Waals surface area contributed by atoms with Crippen molar-refractivity contribution in [3.63, 3.8) is 0 Å². The average molecular weight is 352 g/mol. The Balaban J connectivity index is 1.72. The fourth-order valence-electron chi connectivity index (χ4n) is 2.27. The Bertz CT molecular complexity index is 884. The van der Waals surface area contributed by atoms with E-state index in [0.29, 0.717) is 16.2 Å².